The molecule has 0 saturated heterocycles. The summed E-state index contributed by atoms with van der Waals surface area (Å²) in [5.74, 6) is 0. The first-order chi connectivity index (χ1) is 7.56. The minimum atomic E-state index is 0.0677. The van der Waals surface area contributed by atoms with Gasteiger partial charge in [0.05, 0.1) is 7.57 Å². The van der Waals surface area contributed by atoms with Crippen molar-refractivity contribution in [2.24, 2.45) is 5.73 Å². The van der Waals surface area contributed by atoms with Gasteiger partial charge >= 0.3 is 0 Å². The topological polar surface area (TPSA) is 26.0 Å². The van der Waals surface area contributed by atoms with Gasteiger partial charge in [-0.1, -0.05) is 0 Å². The second-order valence-electron chi connectivity index (χ2n) is 3.29. The van der Waals surface area contributed by atoms with Crippen LogP contribution in [0.4, 0.5) is 0 Å². The summed E-state index contributed by atoms with van der Waals surface area (Å²) in [5.41, 5.74) is 6.18. The Morgan fingerprint density at radius 1 is 1.19 bits per heavy atom. The van der Waals surface area contributed by atoms with Gasteiger partial charge in [0.1, 0.15) is 0 Å². The molecule has 0 aliphatic heterocycles. The lowest BCUT2D eigenvalue weighted by Crippen LogP contribution is -2.10. The zero-order chi connectivity index (χ0) is 11.7. The molecule has 2 N–H and O–H groups in total. The molecule has 6 heteroatoms. The fourth-order valence-corrected chi connectivity index (χ4v) is 4.96. The maximum atomic E-state index is 6.18. The molecule has 0 bridgehead atoms. The van der Waals surface area contributed by atoms with Gasteiger partial charge in [-0.3, -0.25) is 0 Å². The van der Waals surface area contributed by atoms with Crippen molar-refractivity contribution in [2.75, 3.05) is 0 Å². The van der Waals surface area contributed by atoms with E-state index in [1.165, 1.54) is 9.75 Å². The fourth-order valence-electron chi connectivity index (χ4n) is 1.32. The molecule has 2 heterocycles. The number of halogens is 3. The molecule has 2 rings (SSSR count). The lowest BCUT2D eigenvalue weighted by atomic mass is 10.1. The van der Waals surface area contributed by atoms with E-state index in [2.05, 4.69) is 66.0 Å². The molecule has 16 heavy (non-hydrogen) atoms. The van der Waals surface area contributed by atoms with Crippen molar-refractivity contribution in [1.29, 1.82) is 0 Å². The summed E-state index contributed by atoms with van der Waals surface area (Å²) >= 11 is 13.8. The average molecular weight is 446 g/mol. The Hall–Kier alpha value is 0.800. The second-order valence-corrected chi connectivity index (χ2v) is 9.09. The third-order valence-electron chi connectivity index (χ3n) is 2.08. The van der Waals surface area contributed by atoms with E-state index >= 15 is 0 Å². The highest BCUT2D eigenvalue weighted by Gasteiger charge is 2.13. The molecular formula is C10H8Br3NS2. The molecule has 1 nitrogen and oxygen atoms in total. The Kier molecular flexibility index (Phi) is 4.66. The molecule has 0 fully saturated rings. The maximum absolute atomic E-state index is 6.18. The van der Waals surface area contributed by atoms with Crippen molar-refractivity contribution in [1.82, 2.24) is 0 Å². The van der Waals surface area contributed by atoms with Crippen LogP contribution in [0, 0.1) is 0 Å². The van der Waals surface area contributed by atoms with E-state index in [1.54, 1.807) is 22.7 Å². The molecule has 86 valence electrons. The van der Waals surface area contributed by atoms with E-state index in [4.69, 9.17) is 5.73 Å². The standard InChI is InChI=1S/C10H8Br3NS2/c11-6-4-8(16-10(6)13)7(14)3-5-1-2-9(12)15-5/h1-2,4,7H,3,14H2. The van der Waals surface area contributed by atoms with Crippen LogP contribution in [0.15, 0.2) is 30.2 Å². The van der Waals surface area contributed by atoms with Crippen LogP contribution >= 0.6 is 70.5 Å². The Bertz CT molecular complexity index is 472. The predicted octanol–water partition coefficient (Wildman–Crippen LogP) is 5.34. The summed E-state index contributed by atoms with van der Waals surface area (Å²) in [6.45, 7) is 0. The predicted molar refractivity (Wildman–Crippen MR) is 82.4 cm³/mol. The van der Waals surface area contributed by atoms with Crippen LogP contribution in [0.3, 0.4) is 0 Å². The Morgan fingerprint density at radius 2 is 1.94 bits per heavy atom. The van der Waals surface area contributed by atoms with Crippen molar-refractivity contribution in [3.05, 3.63) is 40.0 Å². The van der Waals surface area contributed by atoms with Crippen molar-refractivity contribution < 1.29 is 0 Å². The Labute approximate surface area is 127 Å². The zero-order valence-corrected chi connectivity index (χ0v) is 14.4. The molecule has 0 aliphatic carbocycles. The van der Waals surface area contributed by atoms with Crippen LogP contribution in [0.1, 0.15) is 15.8 Å². The Morgan fingerprint density at radius 3 is 2.44 bits per heavy atom. The van der Waals surface area contributed by atoms with E-state index < -0.39 is 0 Å². The number of hydrogen-bond acceptors (Lipinski definition) is 3. The summed E-state index contributed by atoms with van der Waals surface area (Å²) in [5, 5.41) is 0. The van der Waals surface area contributed by atoms with Gasteiger partial charge in [0, 0.05) is 26.7 Å². The molecule has 0 aromatic carbocycles. The third kappa shape index (κ3) is 3.17. The van der Waals surface area contributed by atoms with Gasteiger partial charge in [-0.25, -0.2) is 0 Å². The minimum Gasteiger partial charge on any atom is -0.323 e. The minimum absolute atomic E-state index is 0.0677. The molecule has 0 saturated carbocycles. The number of rotatable bonds is 3. The largest absolute Gasteiger partial charge is 0.323 e. The number of hydrogen-bond donors (Lipinski definition) is 1. The molecule has 1 unspecified atom stereocenters. The van der Waals surface area contributed by atoms with E-state index in [0.29, 0.717) is 0 Å². The van der Waals surface area contributed by atoms with Crippen LogP contribution in [0.25, 0.3) is 0 Å². The summed E-state index contributed by atoms with van der Waals surface area (Å²) in [6, 6.07) is 6.33. The van der Waals surface area contributed by atoms with Crippen LogP contribution in [0.5, 0.6) is 0 Å². The molecule has 2 aromatic heterocycles. The van der Waals surface area contributed by atoms with Gasteiger partial charge < -0.3 is 5.73 Å². The lowest BCUT2D eigenvalue weighted by molar-refractivity contribution is 0.745. The number of nitrogens with two attached hydrogens (primary N) is 1. The monoisotopic (exact) mass is 443 g/mol. The van der Waals surface area contributed by atoms with E-state index in [9.17, 15) is 0 Å². The average Bonchev–Trinajstić information content (AvgIpc) is 2.75. The molecule has 0 aliphatic rings. The van der Waals surface area contributed by atoms with Gasteiger partial charge in [0.2, 0.25) is 0 Å². The first-order valence-corrected chi connectivity index (χ1v) is 8.52. The first-order valence-electron chi connectivity index (χ1n) is 4.51. The highest BCUT2D eigenvalue weighted by Crippen LogP contribution is 2.36. The van der Waals surface area contributed by atoms with Gasteiger partial charge in [-0.15, -0.1) is 22.7 Å². The van der Waals surface area contributed by atoms with Gasteiger partial charge in [-0.05, 0) is 66.0 Å². The molecule has 0 spiro atoms. The van der Waals surface area contributed by atoms with Crippen LogP contribution in [-0.4, -0.2) is 0 Å². The first kappa shape index (κ1) is 13.2. The number of thiophene rings is 2. The molecule has 0 amide bonds. The van der Waals surface area contributed by atoms with Gasteiger partial charge in [0.15, 0.2) is 0 Å². The van der Waals surface area contributed by atoms with Crippen molar-refractivity contribution in [3.63, 3.8) is 0 Å². The maximum Gasteiger partial charge on any atom is 0.0843 e. The van der Waals surface area contributed by atoms with Crippen molar-refractivity contribution in [3.8, 4) is 0 Å². The fraction of sp³-hybridized carbons (Fsp3) is 0.200. The third-order valence-corrected chi connectivity index (χ3v) is 7.11. The van der Waals surface area contributed by atoms with E-state index in [1.807, 2.05) is 0 Å². The van der Waals surface area contributed by atoms with Gasteiger partial charge in [-0.2, -0.15) is 0 Å². The molecule has 1 atom stereocenters. The van der Waals surface area contributed by atoms with Crippen molar-refractivity contribution >= 4 is 70.5 Å². The SMILES string of the molecule is NC(Cc1ccc(Br)s1)c1cc(Br)c(Br)s1. The second kappa shape index (κ2) is 5.63. The highest BCUT2D eigenvalue weighted by molar-refractivity contribution is 9.13. The summed E-state index contributed by atoms with van der Waals surface area (Å²) < 4.78 is 3.34. The van der Waals surface area contributed by atoms with Gasteiger partial charge in [0.25, 0.3) is 0 Å². The smallest absolute Gasteiger partial charge is 0.0843 e. The highest BCUT2D eigenvalue weighted by atomic mass is 79.9. The Balaban J connectivity index is 2.11. The summed E-state index contributed by atoms with van der Waals surface area (Å²) in [6.07, 6.45) is 0.885. The molecular weight excluding hydrogens is 438 g/mol. The molecule has 0 radical (unpaired) electrons. The van der Waals surface area contributed by atoms with Crippen LogP contribution in [-0.2, 0) is 6.42 Å². The summed E-state index contributed by atoms with van der Waals surface area (Å²) in [4.78, 5) is 2.50. The molecule has 2 aromatic rings. The van der Waals surface area contributed by atoms with E-state index in [-0.39, 0.29) is 6.04 Å². The quantitative estimate of drug-likeness (QED) is 0.678. The van der Waals surface area contributed by atoms with Crippen molar-refractivity contribution in [2.45, 2.75) is 12.5 Å². The van der Waals surface area contributed by atoms with Crippen LogP contribution < -0.4 is 5.73 Å². The lowest BCUT2D eigenvalue weighted by Gasteiger charge is -2.06. The summed E-state index contributed by atoms with van der Waals surface area (Å²) in [7, 11) is 0. The normalized spacial score (nSPS) is 13.0. The van der Waals surface area contributed by atoms with E-state index in [0.717, 1.165) is 18.5 Å². The zero-order valence-electron chi connectivity index (χ0n) is 8.04. The van der Waals surface area contributed by atoms with Crippen LogP contribution in [0.2, 0.25) is 0 Å².